The number of hydrogen-bond donors (Lipinski definition) is 2. The van der Waals surface area contributed by atoms with E-state index in [2.05, 4.69) is 5.32 Å². The Morgan fingerprint density at radius 1 is 1.40 bits per heavy atom. The third-order valence-electron chi connectivity index (χ3n) is 3.30. The minimum absolute atomic E-state index is 0.115. The molecule has 2 heterocycles. The van der Waals surface area contributed by atoms with Gasteiger partial charge in [0.1, 0.15) is 6.10 Å². The van der Waals surface area contributed by atoms with E-state index in [1.807, 2.05) is 24.3 Å². The van der Waals surface area contributed by atoms with Crippen LogP contribution in [0.25, 0.3) is 0 Å². The maximum Gasteiger partial charge on any atom is 0.321 e. The highest BCUT2D eigenvalue weighted by atomic mass is 35.5. The molecule has 1 aromatic heterocycles. The normalized spacial score (nSPS) is 15.8. The Labute approximate surface area is 125 Å². The number of anilines is 1. The van der Waals surface area contributed by atoms with Crippen molar-refractivity contribution < 1.29 is 9.90 Å². The van der Waals surface area contributed by atoms with Gasteiger partial charge in [-0.2, -0.15) is 0 Å². The van der Waals surface area contributed by atoms with E-state index in [1.165, 1.54) is 11.3 Å². The van der Waals surface area contributed by atoms with Crippen LogP contribution in [0.15, 0.2) is 30.3 Å². The molecule has 0 radical (unpaired) electrons. The largest absolute Gasteiger partial charge is 0.383 e. The second-order valence-electron chi connectivity index (χ2n) is 4.75. The molecule has 6 heteroatoms. The summed E-state index contributed by atoms with van der Waals surface area (Å²) in [6, 6.07) is 9.05. The second-order valence-corrected chi connectivity index (χ2v) is 6.49. The van der Waals surface area contributed by atoms with Crippen molar-refractivity contribution in [3.63, 3.8) is 0 Å². The molecule has 0 fully saturated rings. The molecule has 2 N–H and O–H groups in total. The molecule has 2 aromatic rings. The lowest BCUT2D eigenvalue weighted by Gasteiger charge is -2.26. The van der Waals surface area contributed by atoms with Crippen LogP contribution in [0.3, 0.4) is 0 Å². The van der Waals surface area contributed by atoms with Crippen LogP contribution < -0.4 is 5.32 Å². The van der Waals surface area contributed by atoms with Gasteiger partial charge in [0.05, 0.1) is 4.34 Å². The topological polar surface area (TPSA) is 52.6 Å². The summed E-state index contributed by atoms with van der Waals surface area (Å²) in [4.78, 5) is 14.0. The summed E-state index contributed by atoms with van der Waals surface area (Å²) in [5.41, 5.74) is 2.59. The summed E-state index contributed by atoms with van der Waals surface area (Å²) in [7, 11) is 1.74. The van der Waals surface area contributed by atoms with Gasteiger partial charge in [0.15, 0.2) is 0 Å². The van der Waals surface area contributed by atoms with Crippen LogP contribution in [0.1, 0.15) is 22.1 Å². The predicted molar refractivity (Wildman–Crippen MR) is 80.3 cm³/mol. The zero-order chi connectivity index (χ0) is 14.3. The zero-order valence-electron chi connectivity index (χ0n) is 10.8. The molecule has 0 aliphatic carbocycles. The Bertz CT molecular complexity index is 671. The average Bonchev–Trinajstić information content (AvgIpc) is 2.85. The van der Waals surface area contributed by atoms with Crippen molar-refractivity contribution >= 4 is 34.7 Å². The summed E-state index contributed by atoms with van der Waals surface area (Å²) < 4.78 is 0.656. The number of urea groups is 1. The molecule has 1 aromatic carbocycles. The number of amides is 2. The van der Waals surface area contributed by atoms with Crippen LogP contribution in [-0.2, 0) is 6.54 Å². The van der Waals surface area contributed by atoms with E-state index in [4.69, 9.17) is 11.6 Å². The van der Waals surface area contributed by atoms with Crippen LogP contribution in [0, 0.1) is 0 Å². The smallest absolute Gasteiger partial charge is 0.321 e. The highest BCUT2D eigenvalue weighted by molar-refractivity contribution is 7.16. The molecular formula is C14H13ClN2O2S. The average molecular weight is 309 g/mol. The maximum atomic E-state index is 11.6. The van der Waals surface area contributed by atoms with Gasteiger partial charge in [-0.3, -0.25) is 0 Å². The minimum Gasteiger partial charge on any atom is -0.383 e. The number of benzene rings is 1. The van der Waals surface area contributed by atoms with Gasteiger partial charge < -0.3 is 15.3 Å². The van der Waals surface area contributed by atoms with Crippen molar-refractivity contribution in [3.05, 3.63) is 50.7 Å². The Morgan fingerprint density at radius 2 is 2.20 bits per heavy atom. The molecule has 1 atom stereocenters. The monoisotopic (exact) mass is 308 g/mol. The van der Waals surface area contributed by atoms with E-state index >= 15 is 0 Å². The maximum absolute atomic E-state index is 11.6. The van der Waals surface area contributed by atoms with Crippen molar-refractivity contribution in [2.75, 3.05) is 12.4 Å². The van der Waals surface area contributed by atoms with Crippen molar-refractivity contribution in [2.45, 2.75) is 12.6 Å². The standard InChI is InChI=1S/C14H13ClN2O2S/c1-17-7-9-6-8(2-3-10(9)16-14(17)19)13(18)11-4-5-12(15)20-11/h2-6,13,18H,7H2,1H3,(H,16,19). The number of aliphatic hydroxyl groups excluding tert-OH is 1. The van der Waals surface area contributed by atoms with Gasteiger partial charge in [0.25, 0.3) is 0 Å². The van der Waals surface area contributed by atoms with Crippen LogP contribution in [0.4, 0.5) is 10.5 Å². The summed E-state index contributed by atoms with van der Waals surface area (Å²) in [5, 5.41) is 13.2. The number of halogens is 1. The summed E-state index contributed by atoms with van der Waals surface area (Å²) >= 11 is 7.26. The van der Waals surface area contributed by atoms with Crippen LogP contribution in [-0.4, -0.2) is 23.1 Å². The minimum atomic E-state index is -0.694. The number of aliphatic hydroxyl groups is 1. The first-order chi connectivity index (χ1) is 9.54. The van der Waals surface area contributed by atoms with E-state index in [9.17, 15) is 9.90 Å². The van der Waals surface area contributed by atoms with E-state index < -0.39 is 6.10 Å². The lowest BCUT2D eigenvalue weighted by Crippen LogP contribution is -2.35. The lowest BCUT2D eigenvalue weighted by atomic mass is 10.0. The quantitative estimate of drug-likeness (QED) is 0.892. The first-order valence-corrected chi connectivity index (χ1v) is 7.32. The van der Waals surface area contributed by atoms with Crippen molar-refractivity contribution in [1.82, 2.24) is 4.90 Å². The molecule has 4 nitrogen and oxygen atoms in total. The van der Waals surface area contributed by atoms with Gasteiger partial charge in [-0.1, -0.05) is 17.7 Å². The van der Waals surface area contributed by atoms with Crippen molar-refractivity contribution in [3.8, 4) is 0 Å². The van der Waals surface area contributed by atoms with Gasteiger partial charge in [-0.25, -0.2) is 4.79 Å². The van der Waals surface area contributed by atoms with Gasteiger partial charge in [0.2, 0.25) is 0 Å². The fraction of sp³-hybridized carbons (Fsp3) is 0.214. The number of carbonyl (C=O) groups is 1. The molecule has 1 unspecified atom stereocenters. The third-order valence-corrected chi connectivity index (χ3v) is 4.59. The van der Waals surface area contributed by atoms with Crippen molar-refractivity contribution in [2.24, 2.45) is 0 Å². The van der Waals surface area contributed by atoms with E-state index in [0.717, 1.165) is 21.7 Å². The summed E-state index contributed by atoms with van der Waals surface area (Å²) in [6.07, 6.45) is -0.694. The van der Waals surface area contributed by atoms with Gasteiger partial charge >= 0.3 is 6.03 Å². The number of rotatable bonds is 2. The molecule has 20 heavy (non-hydrogen) atoms. The van der Waals surface area contributed by atoms with Gasteiger partial charge in [-0.15, -0.1) is 11.3 Å². The second kappa shape index (κ2) is 5.09. The Hall–Kier alpha value is -1.56. The van der Waals surface area contributed by atoms with E-state index in [0.29, 0.717) is 10.9 Å². The molecule has 0 bridgehead atoms. The molecule has 0 saturated heterocycles. The van der Waals surface area contributed by atoms with Crippen LogP contribution >= 0.6 is 22.9 Å². The molecule has 0 saturated carbocycles. The lowest BCUT2D eigenvalue weighted by molar-refractivity contribution is 0.217. The number of carbonyl (C=O) groups excluding carboxylic acids is 1. The predicted octanol–water partition coefficient (Wildman–Crippen LogP) is 3.46. The number of thiophene rings is 1. The van der Waals surface area contributed by atoms with Gasteiger partial charge in [0, 0.05) is 24.2 Å². The SMILES string of the molecule is CN1Cc2cc(C(O)c3ccc(Cl)s3)ccc2NC1=O. The highest BCUT2D eigenvalue weighted by Gasteiger charge is 2.21. The number of fused-ring (bicyclic) bond motifs is 1. The Balaban J connectivity index is 1.92. The molecular weight excluding hydrogens is 296 g/mol. The first-order valence-electron chi connectivity index (χ1n) is 6.13. The number of nitrogens with one attached hydrogen (secondary N) is 1. The fourth-order valence-electron chi connectivity index (χ4n) is 2.21. The molecule has 104 valence electrons. The van der Waals surface area contributed by atoms with E-state index in [1.54, 1.807) is 18.0 Å². The third kappa shape index (κ3) is 2.40. The zero-order valence-corrected chi connectivity index (χ0v) is 12.3. The molecule has 0 spiro atoms. The first kappa shape index (κ1) is 13.4. The number of nitrogens with zero attached hydrogens (tertiary/aromatic N) is 1. The molecule has 2 amide bonds. The Kier molecular flexibility index (Phi) is 3.41. The van der Waals surface area contributed by atoms with Gasteiger partial charge in [-0.05, 0) is 35.4 Å². The number of hydrogen-bond acceptors (Lipinski definition) is 3. The van der Waals surface area contributed by atoms with Crippen LogP contribution in [0.5, 0.6) is 0 Å². The fourth-order valence-corrected chi connectivity index (χ4v) is 3.29. The van der Waals surface area contributed by atoms with Crippen molar-refractivity contribution in [1.29, 1.82) is 0 Å². The van der Waals surface area contributed by atoms with E-state index in [-0.39, 0.29) is 6.03 Å². The molecule has 1 aliphatic heterocycles. The van der Waals surface area contributed by atoms with Crippen LogP contribution in [0.2, 0.25) is 4.34 Å². The molecule has 1 aliphatic rings. The summed E-state index contributed by atoms with van der Waals surface area (Å²) in [5.74, 6) is 0. The highest BCUT2D eigenvalue weighted by Crippen LogP contribution is 2.33. The Morgan fingerprint density at radius 3 is 2.90 bits per heavy atom. The summed E-state index contributed by atoms with van der Waals surface area (Å²) in [6.45, 7) is 0.535. The molecule has 3 rings (SSSR count).